The summed E-state index contributed by atoms with van der Waals surface area (Å²) in [5, 5.41) is 6.09. The van der Waals surface area contributed by atoms with E-state index in [1.54, 1.807) is 21.3 Å². The van der Waals surface area contributed by atoms with Crippen molar-refractivity contribution in [3.8, 4) is 17.2 Å². The van der Waals surface area contributed by atoms with Crippen molar-refractivity contribution in [1.82, 2.24) is 5.01 Å². The number of benzene rings is 2. The van der Waals surface area contributed by atoms with Crippen molar-refractivity contribution >= 4 is 11.6 Å². The van der Waals surface area contributed by atoms with E-state index in [0.29, 0.717) is 17.9 Å². The number of hydrazone groups is 1. The number of carbonyl (C=O) groups is 1. The highest BCUT2D eigenvalue weighted by molar-refractivity contribution is 6.03. The number of nitrogens with zero attached hydrogens (tertiary/aromatic N) is 2. The molecule has 1 amide bonds. The summed E-state index contributed by atoms with van der Waals surface area (Å²) < 4.78 is 16.0. The van der Waals surface area contributed by atoms with Crippen LogP contribution in [0.25, 0.3) is 0 Å². The van der Waals surface area contributed by atoms with Crippen molar-refractivity contribution in [2.24, 2.45) is 5.10 Å². The summed E-state index contributed by atoms with van der Waals surface area (Å²) in [6.45, 7) is 1.52. The standard InChI is InChI=1S/C20H22N2O4/c1-13(23)22-18(15-8-9-19(25-3)20(11-15)26-4)12-17(21-22)14-6-5-7-16(10-14)24-2/h5-11,18H,12H2,1-4H3. The first-order valence-electron chi connectivity index (χ1n) is 8.31. The Hall–Kier alpha value is -3.02. The zero-order chi connectivity index (χ0) is 18.7. The largest absolute Gasteiger partial charge is 0.497 e. The molecule has 0 aliphatic carbocycles. The fourth-order valence-corrected chi connectivity index (χ4v) is 3.10. The van der Waals surface area contributed by atoms with Crippen LogP contribution in [0.4, 0.5) is 0 Å². The van der Waals surface area contributed by atoms with Crippen LogP contribution in [0.3, 0.4) is 0 Å². The molecule has 1 heterocycles. The van der Waals surface area contributed by atoms with E-state index in [4.69, 9.17) is 14.2 Å². The smallest absolute Gasteiger partial charge is 0.240 e. The second-order valence-electron chi connectivity index (χ2n) is 5.98. The molecule has 2 aromatic rings. The second-order valence-corrected chi connectivity index (χ2v) is 5.98. The summed E-state index contributed by atoms with van der Waals surface area (Å²) >= 11 is 0. The molecule has 0 N–H and O–H groups in total. The molecule has 0 saturated carbocycles. The molecule has 136 valence electrons. The Morgan fingerprint density at radius 3 is 2.46 bits per heavy atom. The van der Waals surface area contributed by atoms with Gasteiger partial charge in [0.1, 0.15) is 5.75 Å². The van der Waals surface area contributed by atoms with E-state index in [0.717, 1.165) is 22.6 Å². The normalized spacial score (nSPS) is 16.2. The molecule has 1 aliphatic rings. The Bertz CT molecular complexity index is 847. The minimum absolute atomic E-state index is 0.109. The predicted molar refractivity (Wildman–Crippen MR) is 99.0 cm³/mol. The molecule has 0 spiro atoms. The van der Waals surface area contributed by atoms with Crippen molar-refractivity contribution in [2.75, 3.05) is 21.3 Å². The Labute approximate surface area is 153 Å². The zero-order valence-corrected chi connectivity index (χ0v) is 15.4. The Kier molecular flexibility index (Phi) is 5.11. The number of amides is 1. The average Bonchev–Trinajstić information content (AvgIpc) is 3.13. The molecule has 0 saturated heterocycles. The van der Waals surface area contributed by atoms with Crippen LogP contribution in [0.5, 0.6) is 17.2 Å². The highest BCUT2D eigenvalue weighted by Gasteiger charge is 2.32. The Balaban J connectivity index is 1.95. The highest BCUT2D eigenvalue weighted by atomic mass is 16.5. The number of rotatable bonds is 5. The number of hydrogen-bond donors (Lipinski definition) is 0. The van der Waals surface area contributed by atoms with E-state index in [1.165, 1.54) is 11.9 Å². The maximum atomic E-state index is 12.1. The van der Waals surface area contributed by atoms with Crippen LogP contribution in [-0.2, 0) is 4.79 Å². The SMILES string of the molecule is COc1cccc(C2=NN(C(C)=O)C(c3ccc(OC)c(OC)c3)C2)c1. The molecule has 0 aromatic heterocycles. The molecule has 1 aliphatic heterocycles. The molecule has 6 nitrogen and oxygen atoms in total. The number of methoxy groups -OCH3 is 3. The van der Waals surface area contributed by atoms with E-state index in [2.05, 4.69) is 5.10 Å². The second kappa shape index (κ2) is 7.47. The maximum absolute atomic E-state index is 12.1. The predicted octanol–water partition coefficient (Wildman–Crippen LogP) is 3.41. The molecular formula is C20H22N2O4. The summed E-state index contributed by atoms with van der Waals surface area (Å²) in [5.41, 5.74) is 2.73. The number of hydrogen-bond acceptors (Lipinski definition) is 5. The monoisotopic (exact) mass is 354 g/mol. The van der Waals surface area contributed by atoms with Gasteiger partial charge in [-0.15, -0.1) is 0 Å². The van der Waals surface area contributed by atoms with Crippen molar-refractivity contribution in [3.05, 3.63) is 53.6 Å². The van der Waals surface area contributed by atoms with Crippen molar-refractivity contribution in [1.29, 1.82) is 0 Å². The topological polar surface area (TPSA) is 60.4 Å². The number of ether oxygens (including phenoxy) is 3. The van der Waals surface area contributed by atoms with Crippen molar-refractivity contribution in [3.63, 3.8) is 0 Å². The van der Waals surface area contributed by atoms with Crippen LogP contribution in [0.15, 0.2) is 47.6 Å². The van der Waals surface area contributed by atoms with E-state index in [9.17, 15) is 4.79 Å². The molecule has 0 radical (unpaired) electrons. The first-order chi connectivity index (χ1) is 12.6. The van der Waals surface area contributed by atoms with Crippen LogP contribution in [0, 0.1) is 0 Å². The van der Waals surface area contributed by atoms with Gasteiger partial charge in [-0.1, -0.05) is 18.2 Å². The summed E-state index contributed by atoms with van der Waals surface area (Å²) in [4.78, 5) is 12.1. The quantitative estimate of drug-likeness (QED) is 0.826. The lowest BCUT2D eigenvalue weighted by molar-refractivity contribution is -0.130. The van der Waals surface area contributed by atoms with E-state index >= 15 is 0 Å². The molecule has 1 unspecified atom stereocenters. The molecule has 3 rings (SSSR count). The van der Waals surface area contributed by atoms with Gasteiger partial charge < -0.3 is 14.2 Å². The molecule has 0 fully saturated rings. The third-order valence-electron chi connectivity index (χ3n) is 4.43. The molecule has 6 heteroatoms. The van der Waals surface area contributed by atoms with Gasteiger partial charge >= 0.3 is 0 Å². The Morgan fingerprint density at radius 2 is 1.81 bits per heavy atom. The molecule has 2 aromatic carbocycles. The van der Waals surface area contributed by atoms with Gasteiger partial charge in [0.25, 0.3) is 0 Å². The van der Waals surface area contributed by atoms with Gasteiger partial charge in [-0.3, -0.25) is 4.79 Å². The number of carbonyl (C=O) groups excluding carboxylic acids is 1. The highest BCUT2D eigenvalue weighted by Crippen LogP contribution is 2.37. The minimum atomic E-state index is -0.187. The fraction of sp³-hybridized carbons (Fsp3) is 0.300. The molecule has 26 heavy (non-hydrogen) atoms. The zero-order valence-electron chi connectivity index (χ0n) is 15.4. The average molecular weight is 354 g/mol. The van der Waals surface area contributed by atoms with Gasteiger partial charge in [0.2, 0.25) is 5.91 Å². The Morgan fingerprint density at radius 1 is 1.04 bits per heavy atom. The van der Waals surface area contributed by atoms with Crippen molar-refractivity contribution < 1.29 is 19.0 Å². The van der Waals surface area contributed by atoms with Gasteiger partial charge in [0.05, 0.1) is 33.1 Å². The van der Waals surface area contributed by atoms with Crippen LogP contribution in [-0.4, -0.2) is 38.0 Å². The minimum Gasteiger partial charge on any atom is -0.497 e. The first-order valence-corrected chi connectivity index (χ1v) is 8.31. The third kappa shape index (κ3) is 3.35. The lowest BCUT2D eigenvalue weighted by atomic mass is 9.98. The molecule has 1 atom stereocenters. The summed E-state index contributed by atoms with van der Waals surface area (Å²) in [6, 6.07) is 13.2. The van der Waals surface area contributed by atoms with Gasteiger partial charge in [0.15, 0.2) is 11.5 Å². The van der Waals surface area contributed by atoms with Gasteiger partial charge in [-0.2, -0.15) is 5.10 Å². The first kappa shape index (κ1) is 17.8. The van der Waals surface area contributed by atoms with Gasteiger partial charge in [0, 0.05) is 18.9 Å². The van der Waals surface area contributed by atoms with Crippen molar-refractivity contribution in [2.45, 2.75) is 19.4 Å². The third-order valence-corrected chi connectivity index (χ3v) is 4.43. The van der Waals surface area contributed by atoms with Crippen LogP contribution in [0.2, 0.25) is 0 Å². The molecular weight excluding hydrogens is 332 g/mol. The molecule has 0 bridgehead atoms. The van der Waals surface area contributed by atoms with Gasteiger partial charge in [-0.05, 0) is 29.8 Å². The van der Waals surface area contributed by atoms with Crippen LogP contribution in [0.1, 0.15) is 30.5 Å². The lowest BCUT2D eigenvalue weighted by Gasteiger charge is -2.21. The van der Waals surface area contributed by atoms with E-state index in [1.807, 2.05) is 42.5 Å². The summed E-state index contributed by atoms with van der Waals surface area (Å²) in [7, 11) is 4.82. The summed E-state index contributed by atoms with van der Waals surface area (Å²) in [6.07, 6.45) is 0.613. The van der Waals surface area contributed by atoms with E-state index in [-0.39, 0.29) is 11.9 Å². The lowest BCUT2D eigenvalue weighted by Crippen LogP contribution is -2.24. The van der Waals surface area contributed by atoms with Crippen LogP contribution >= 0.6 is 0 Å². The maximum Gasteiger partial charge on any atom is 0.240 e. The van der Waals surface area contributed by atoms with E-state index < -0.39 is 0 Å². The van der Waals surface area contributed by atoms with Crippen LogP contribution < -0.4 is 14.2 Å². The van der Waals surface area contributed by atoms with Gasteiger partial charge in [-0.25, -0.2) is 5.01 Å². The summed E-state index contributed by atoms with van der Waals surface area (Å²) in [5.74, 6) is 1.93. The fourth-order valence-electron chi connectivity index (χ4n) is 3.10.